The van der Waals surface area contributed by atoms with E-state index >= 15 is 0 Å². The molecule has 0 bridgehead atoms. The van der Waals surface area contributed by atoms with Gasteiger partial charge in [0.25, 0.3) is 0 Å². The number of halogens is 1. The summed E-state index contributed by atoms with van der Waals surface area (Å²) < 4.78 is 29.1. The summed E-state index contributed by atoms with van der Waals surface area (Å²) in [5.74, 6) is 0.800. The maximum absolute atomic E-state index is 11.3. The van der Waals surface area contributed by atoms with Gasteiger partial charge in [0.2, 0.25) is 0 Å². The summed E-state index contributed by atoms with van der Waals surface area (Å²) in [4.78, 5) is 0. The van der Waals surface area contributed by atoms with E-state index in [0.717, 1.165) is 4.47 Å². The third kappa shape index (κ3) is 3.20. The molecule has 4 nitrogen and oxygen atoms in total. The fraction of sp³-hybridized carbons (Fsp3) is 0.455. The summed E-state index contributed by atoms with van der Waals surface area (Å²) in [6, 6.07) is 5.30. The van der Waals surface area contributed by atoms with Gasteiger partial charge in [-0.15, -0.1) is 0 Å². The van der Waals surface area contributed by atoms with Crippen LogP contribution in [0.15, 0.2) is 22.7 Å². The van der Waals surface area contributed by atoms with Crippen molar-refractivity contribution in [3.05, 3.63) is 28.2 Å². The largest absolute Gasteiger partial charge is 0.489 e. The molecule has 1 atom stereocenters. The lowest BCUT2D eigenvalue weighted by atomic mass is 10.2. The Morgan fingerprint density at radius 2 is 2.24 bits per heavy atom. The van der Waals surface area contributed by atoms with Crippen LogP contribution in [0.1, 0.15) is 12.0 Å². The van der Waals surface area contributed by atoms with E-state index in [1.807, 2.05) is 0 Å². The molecule has 1 aliphatic rings. The molecule has 17 heavy (non-hydrogen) atoms. The minimum atomic E-state index is -2.94. The lowest BCUT2D eigenvalue weighted by Gasteiger charge is -2.15. The van der Waals surface area contributed by atoms with Gasteiger partial charge in [-0.3, -0.25) is 0 Å². The number of aliphatic hydroxyl groups is 1. The topological polar surface area (TPSA) is 63.6 Å². The summed E-state index contributed by atoms with van der Waals surface area (Å²) in [5.41, 5.74) is 0.656. The molecule has 1 heterocycles. The lowest BCUT2D eigenvalue weighted by Crippen LogP contribution is -2.18. The van der Waals surface area contributed by atoms with Gasteiger partial charge in [-0.05, 0) is 24.6 Å². The maximum Gasteiger partial charge on any atom is 0.154 e. The Bertz CT molecular complexity index is 512. The van der Waals surface area contributed by atoms with E-state index in [-0.39, 0.29) is 24.2 Å². The van der Waals surface area contributed by atoms with Crippen molar-refractivity contribution in [2.45, 2.75) is 19.1 Å². The number of rotatable bonds is 3. The molecule has 94 valence electrons. The molecular formula is C11H13BrO4S. The van der Waals surface area contributed by atoms with Gasteiger partial charge in [-0.2, -0.15) is 0 Å². The first-order valence-corrected chi connectivity index (χ1v) is 7.88. The number of ether oxygens (including phenoxy) is 1. The summed E-state index contributed by atoms with van der Waals surface area (Å²) in [7, 11) is -2.94. The van der Waals surface area contributed by atoms with E-state index in [0.29, 0.717) is 17.7 Å². The Balaban J connectivity index is 2.14. The van der Waals surface area contributed by atoms with Crippen LogP contribution in [0.2, 0.25) is 0 Å². The van der Waals surface area contributed by atoms with Crippen molar-refractivity contribution in [1.29, 1.82) is 0 Å². The van der Waals surface area contributed by atoms with Crippen molar-refractivity contribution >= 4 is 25.8 Å². The van der Waals surface area contributed by atoms with Crippen LogP contribution in [0.3, 0.4) is 0 Å². The van der Waals surface area contributed by atoms with Gasteiger partial charge < -0.3 is 9.84 Å². The molecule has 0 saturated carbocycles. The van der Waals surface area contributed by atoms with Crippen molar-refractivity contribution in [1.82, 2.24) is 0 Å². The van der Waals surface area contributed by atoms with Gasteiger partial charge in [-0.25, -0.2) is 8.42 Å². The first kappa shape index (κ1) is 12.9. The van der Waals surface area contributed by atoms with E-state index in [1.165, 1.54) is 0 Å². The molecule has 1 saturated heterocycles. The monoisotopic (exact) mass is 320 g/mol. The highest BCUT2D eigenvalue weighted by molar-refractivity contribution is 9.10. The zero-order valence-corrected chi connectivity index (χ0v) is 11.5. The molecule has 0 radical (unpaired) electrons. The zero-order valence-electron chi connectivity index (χ0n) is 9.10. The Morgan fingerprint density at radius 1 is 1.47 bits per heavy atom. The van der Waals surface area contributed by atoms with Crippen LogP contribution in [0.5, 0.6) is 5.75 Å². The summed E-state index contributed by atoms with van der Waals surface area (Å²) in [5, 5.41) is 9.20. The first-order valence-electron chi connectivity index (χ1n) is 5.26. The van der Waals surface area contributed by atoms with Crippen LogP contribution in [-0.2, 0) is 16.4 Å². The van der Waals surface area contributed by atoms with Crippen molar-refractivity contribution in [2.75, 3.05) is 11.5 Å². The predicted octanol–water partition coefficient (Wildman–Crippen LogP) is 1.51. The second-order valence-electron chi connectivity index (χ2n) is 4.05. The zero-order chi connectivity index (χ0) is 12.5. The number of hydrogen-bond acceptors (Lipinski definition) is 4. The molecule has 1 aromatic rings. The highest BCUT2D eigenvalue weighted by Crippen LogP contribution is 2.26. The molecule has 1 N–H and O–H groups in total. The van der Waals surface area contributed by atoms with Crippen molar-refractivity contribution in [3.8, 4) is 5.75 Å². The molecule has 1 aromatic carbocycles. The molecule has 1 aliphatic heterocycles. The normalized spacial score (nSPS) is 22.6. The van der Waals surface area contributed by atoms with E-state index < -0.39 is 9.84 Å². The van der Waals surface area contributed by atoms with Gasteiger partial charge in [0.05, 0.1) is 18.1 Å². The lowest BCUT2D eigenvalue weighted by molar-refractivity contribution is 0.215. The Kier molecular flexibility index (Phi) is 3.75. The van der Waals surface area contributed by atoms with E-state index in [2.05, 4.69) is 15.9 Å². The minimum Gasteiger partial charge on any atom is -0.489 e. The van der Waals surface area contributed by atoms with Crippen LogP contribution in [-0.4, -0.2) is 31.1 Å². The van der Waals surface area contributed by atoms with Gasteiger partial charge in [0.1, 0.15) is 11.9 Å². The SMILES string of the molecule is O=S1(=O)CCC(Oc2ccc(Br)cc2CO)C1. The average molecular weight is 321 g/mol. The maximum atomic E-state index is 11.3. The fourth-order valence-corrected chi connectivity index (χ4v) is 3.82. The third-order valence-corrected chi connectivity index (χ3v) is 4.91. The molecule has 0 amide bonds. The number of sulfone groups is 1. The minimum absolute atomic E-state index is 0.0634. The molecule has 0 spiro atoms. The molecule has 0 aliphatic carbocycles. The second kappa shape index (κ2) is 4.96. The number of hydrogen-bond donors (Lipinski definition) is 1. The number of benzene rings is 1. The van der Waals surface area contributed by atoms with E-state index in [4.69, 9.17) is 4.74 Å². The predicted molar refractivity (Wildman–Crippen MR) is 67.8 cm³/mol. The van der Waals surface area contributed by atoms with Crippen LogP contribution in [0, 0.1) is 0 Å². The molecule has 0 aromatic heterocycles. The van der Waals surface area contributed by atoms with Crippen LogP contribution in [0.25, 0.3) is 0 Å². The summed E-state index contributed by atoms with van der Waals surface area (Å²) in [6.07, 6.45) is 0.218. The van der Waals surface area contributed by atoms with Crippen molar-refractivity contribution < 1.29 is 18.3 Å². The van der Waals surface area contributed by atoms with Crippen LogP contribution < -0.4 is 4.74 Å². The van der Waals surface area contributed by atoms with Crippen LogP contribution >= 0.6 is 15.9 Å². The quantitative estimate of drug-likeness (QED) is 0.916. The highest BCUT2D eigenvalue weighted by atomic mass is 79.9. The van der Waals surface area contributed by atoms with Crippen molar-refractivity contribution in [3.63, 3.8) is 0 Å². The standard InChI is InChI=1S/C11H13BrO4S/c12-9-1-2-11(8(5-9)6-13)16-10-3-4-17(14,15)7-10/h1-2,5,10,13H,3-4,6-7H2. The molecule has 1 unspecified atom stereocenters. The van der Waals surface area contributed by atoms with Gasteiger partial charge >= 0.3 is 0 Å². The second-order valence-corrected chi connectivity index (χ2v) is 7.20. The Morgan fingerprint density at radius 3 is 2.82 bits per heavy atom. The van der Waals surface area contributed by atoms with Gasteiger partial charge in [0, 0.05) is 10.0 Å². The van der Waals surface area contributed by atoms with Crippen LogP contribution in [0.4, 0.5) is 0 Å². The average Bonchev–Trinajstić information content (AvgIpc) is 2.61. The summed E-state index contributed by atoms with van der Waals surface area (Å²) in [6.45, 7) is -0.131. The van der Waals surface area contributed by atoms with Gasteiger partial charge in [-0.1, -0.05) is 15.9 Å². The molecule has 1 fully saturated rings. The molecular weight excluding hydrogens is 308 g/mol. The fourth-order valence-electron chi connectivity index (χ4n) is 1.82. The summed E-state index contributed by atoms with van der Waals surface area (Å²) >= 11 is 3.31. The smallest absolute Gasteiger partial charge is 0.154 e. The Labute approximate surface area is 109 Å². The third-order valence-electron chi connectivity index (χ3n) is 2.68. The van der Waals surface area contributed by atoms with E-state index in [1.54, 1.807) is 18.2 Å². The van der Waals surface area contributed by atoms with E-state index in [9.17, 15) is 13.5 Å². The van der Waals surface area contributed by atoms with Gasteiger partial charge in [0.15, 0.2) is 9.84 Å². The Hall–Kier alpha value is -0.590. The number of aliphatic hydroxyl groups excluding tert-OH is 1. The van der Waals surface area contributed by atoms with Crippen molar-refractivity contribution in [2.24, 2.45) is 0 Å². The first-order chi connectivity index (χ1) is 8.00. The molecule has 6 heteroatoms. The highest BCUT2D eigenvalue weighted by Gasteiger charge is 2.29. The molecule has 2 rings (SSSR count).